The van der Waals surface area contributed by atoms with Crippen LogP contribution >= 0.6 is 0 Å². The maximum absolute atomic E-state index is 11.3. The largest absolute Gasteiger partial charge is 0.481 e. The van der Waals surface area contributed by atoms with Crippen molar-refractivity contribution >= 4 is 11.9 Å². The molecule has 1 fully saturated rings. The number of carbonyl (C=O) groups is 2. The van der Waals surface area contributed by atoms with Crippen LogP contribution in [0.5, 0.6) is 0 Å². The van der Waals surface area contributed by atoms with E-state index >= 15 is 0 Å². The van der Waals surface area contributed by atoms with Crippen LogP contribution in [0, 0.1) is 5.92 Å². The van der Waals surface area contributed by atoms with Gasteiger partial charge in [0.05, 0.1) is 5.92 Å². The minimum absolute atomic E-state index is 0.0616. The van der Waals surface area contributed by atoms with Crippen LogP contribution in [-0.4, -0.2) is 48.7 Å². The second-order valence-electron chi connectivity index (χ2n) is 3.43. The number of likely N-dealkylation sites (tertiary alicyclic amines) is 1. The first-order chi connectivity index (χ1) is 6.65. The third-order valence-electron chi connectivity index (χ3n) is 2.34. The molecule has 1 heterocycles. The summed E-state index contributed by atoms with van der Waals surface area (Å²) in [6.07, 6.45) is 0.900. The van der Waals surface area contributed by atoms with E-state index in [2.05, 4.69) is 0 Å². The van der Waals surface area contributed by atoms with Crippen molar-refractivity contribution in [1.82, 2.24) is 4.90 Å². The van der Waals surface area contributed by atoms with Crippen molar-refractivity contribution in [2.45, 2.75) is 12.8 Å². The lowest BCUT2D eigenvalue weighted by Gasteiger charge is -2.15. The summed E-state index contributed by atoms with van der Waals surface area (Å²) in [6.45, 7) is 1.54. The van der Waals surface area contributed by atoms with Crippen molar-refractivity contribution in [3.8, 4) is 0 Å². The zero-order chi connectivity index (χ0) is 10.6. The molecule has 5 heteroatoms. The maximum atomic E-state index is 11.3. The Morgan fingerprint density at radius 1 is 1.71 bits per heavy atom. The zero-order valence-corrected chi connectivity index (χ0v) is 8.23. The van der Waals surface area contributed by atoms with Gasteiger partial charge in [-0.05, 0) is 6.42 Å². The van der Waals surface area contributed by atoms with Gasteiger partial charge in [-0.25, -0.2) is 0 Å². The molecule has 1 amide bonds. The molecule has 1 N–H and O–H groups in total. The van der Waals surface area contributed by atoms with Gasteiger partial charge in [0.25, 0.3) is 0 Å². The number of hydrogen-bond donors (Lipinski definition) is 1. The first-order valence-electron chi connectivity index (χ1n) is 4.64. The second-order valence-corrected chi connectivity index (χ2v) is 3.43. The molecule has 0 bridgehead atoms. The van der Waals surface area contributed by atoms with E-state index in [1.807, 2.05) is 0 Å². The molecular formula is C9H15NO4. The van der Waals surface area contributed by atoms with Gasteiger partial charge in [0.15, 0.2) is 0 Å². The van der Waals surface area contributed by atoms with E-state index in [1.54, 1.807) is 12.0 Å². The molecule has 0 saturated carbocycles. The van der Waals surface area contributed by atoms with Crippen molar-refractivity contribution in [3.63, 3.8) is 0 Å². The smallest absolute Gasteiger partial charge is 0.308 e. The number of carboxylic acid groups (broad SMARTS) is 1. The zero-order valence-electron chi connectivity index (χ0n) is 8.23. The van der Waals surface area contributed by atoms with Gasteiger partial charge in [-0.15, -0.1) is 0 Å². The fourth-order valence-electron chi connectivity index (χ4n) is 1.55. The Labute approximate surface area is 82.6 Å². The van der Waals surface area contributed by atoms with Crippen molar-refractivity contribution in [1.29, 1.82) is 0 Å². The van der Waals surface area contributed by atoms with Gasteiger partial charge < -0.3 is 14.7 Å². The van der Waals surface area contributed by atoms with E-state index < -0.39 is 11.9 Å². The van der Waals surface area contributed by atoms with E-state index in [0.717, 1.165) is 6.42 Å². The van der Waals surface area contributed by atoms with Crippen molar-refractivity contribution < 1.29 is 19.4 Å². The molecule has 0 aromatic heterocycles. The topological polar surface area (TPSA) is 66.8 Å². The minimum Gasteiger partial charge on any atom is -0.481 e. The predicted molar refractivity (Wildman–Crippen MR) is 48.8 cm³/mol. The molecule has 0 radical (unpaired) electrons. The molecular weight excluding hydrogens is 186 g/mol. The third-order valence-corrected chi connectivity index (χ3v) is 2.34. The SMILES string of the molecule is COCCCN1C[C@@H](C(=O)O)CC1=O. The molecule has 80 valence electrons. The van der Waals surface area contributed by atoms with Crippen LogP contribution < -0.4 is 0 Å². The van der Waals surface area contributed by atoms with E-state index in [9.17, 15) is 9.59 Å². The summed E-state index contributed by atoms with van der Waals surface area (Å²) in [7, 11) is 1.60. The van der Waals surface area contributed by atoms with Crippen LogP contribution in [0.1, 0.15) is 12.8 Å². The number of hydrogen-bond acceptors (Lipinski definition) is 3. The number of nitrogens with zero attached hydrogens (tertiary/aromatic N) is 1. The first-order valence-corrected chi connectivity index (χ1v) is 4.64. The Morgan fingerprint density at radius 2 is 2.43 bits per heavy atom. The molecule has 0 unspecified atom stereocenters. The third kappa shape index (κ3) is 2.70. The highest BCUT2D eigenvalue weighted by Gasteiger charge is 2.33. The number of amides is 1. The molecule has 1 aliphatic heterocycles. The fraction of sp³-hybridized carbons (Fsp3) is 0.778. The van der Waals surface area contributed by atoms with Gasteiger partial charge in [-0.2, -0.15) is 0 Å². The molecule has 0 aliphatic carbocycles. The summed E-state index contributed by atoms with van der Waals surface area (Å²) in [5, 5.41) is 8.72. The predicted octanol–water partition coefficient (Wildman–Crippen LogP) is -0.0440. The number of carbonyl (C=O) groups excluding carboxylic acids is 1. The molecule has 0 aromatic rings. The quantitative estimate of drug-likeness (QED) is 0.633. The van der Waals surface area contributed by atoms with Gasteiger partial charge in [0.1, 0.15) is 0 Å². The van der Waals surface area contributed by atoms with E-state index in [0.29, 0.717) is 19.7 Å². The normalized spacial score (nSPS) is 21.6. The maximum Gasteiger partial charge on any atom is 0.308 e. The highest BCUT2D eigenvalue weighted by atomic mass is 16.5. The molecule has 1 rings (SSSR count). The molecule has 1 aliphatic rings. The molecule has 0 spiro atoms. The van der Waals surface area contributed by atoms with Gasteiger partial charge in [-0.3, -0.25) is 9.59 Å². The summed E-state index contributed by atoms with van der Waals surface area (Å²) < 4.78 is 4.86. The summed E-state index contributed by atoms with van der Waals surface area (Å²) >= 11 is 0. The molecule has 1 saturated heterocycles. The first kappa shape index (κ1) is 11.0. The second kappa shape index (κ2) is 4.95. The van der Waals surface area contributed by atoms with Crippen LogP contribution in [0.2, 0.25) is 0 Å². The van der Waals surface area contributed by atoms with Crippen molar-refractivity contribution in [2.24, 2.45) is 5.92 Å². The summed E-state index contributed by atoms with van der Waals surface area (Å²) in [5.74, 6) is -1.47. The van der Waals surface area contributed by atoms with Crippen LogP contribution in [0.15, 0.2) is 0 Å². The molecule has 5 nitrogen and oxygen atoms in total. The number of aliphatic carboxylic acids is 1. The highest BCUT2D eigenvalue weighted by Crippen LogP contribution is 2.17. The van der Waals surface area contributed by atoms with E-state index in [-0.39, 0.29) is 12.3 Å². The average Bonchev–Trinajstić information content (AvgIpc) is 2.49. The fourth-order valence-corrected chi connectivity index (χ4v) is 1.55. The van der Waals surface area contributed by atoms with Gasteiger partial charge in [0.2, 0.25) is 5.91 Å². The summed E-state index contributed by atoms with van der Waals surface area (Å²) in [6, 6.07) is 0. The molecule has 1 atom stereocenters. The van der Waals surface area contributed by atoms with E-state index in [1.165, 1.54) is 0 Å². The monoisotopic (exact) mass is 201 g/mol. The van der Waals surface area contributed by atoms with Gasteiger partial charge >= 0.3 is 5.97 Å². The van der Waals surface area contributed by atoms with Crippen molar-refractivity contribution in [2.75, 3.05) is 26.8 Å². The highest BCUT2D eigenvalue weighted by molar-refractivity contribution is 5.86. The summed E-state index contributed by atoms with van der Waals surface area (Å²) in [4.78, 5) is 23.5. The summed E-state index contributed by atoms with van der Waals surface area (Å²) in [5.41, 5.74) is 0. The minimum atomic E-state index is -0.882. The lowest BCUT2D eigenvalue weighted by atomic mass is 10.1. The van der Waals surface area contributed by atoms with Crippen LogP contribution in [0.4, 0.5) is 0 Å². The number of carboxylic acids is 1. The van der Waals surface area contributed by atoms with Crippen LogP contribution in [-0.2, 0) is 14.3 Å². The number of ether oxygens (including phenoxy) is 1. The lowest BCUT2D eigenvalue weighted by molar-refractivity contribution is -0.141. The van der Waals surface area contributed by atoms with Gasteiger partial charge in [0, 0.05) is 33.2 Å². The Kier molecular flexibility index (Phi) is 3.88. The van der Waals surface area contributed by atoms with Crippen molar-refractivity contribution in [3.05, 3.63) is 0 Å². The lowest BCUT2D eigenvalue weighted by Crippen LogP contribution is -2.27. The van der Waals surface area contributed by atoms with Crippen LogP contribution in [0.3, 0.4) is 0 Å². The number of rotatable bonds is 5. The molecule has 14 heavy (non-hydrogen) atoms. The van der Waals surface area contributed by atoms with Gasteiger partial charge in [-0.1, -0.05) is 0 Å². The number of methoxy groups -OCH3 is 1. The Hall–Kier alpha value is -1.10. The van der Waals surface area contributed by atoms with E-state index in [4.69, 9.17) is 9.84 Å². The Balaban J connectivity index is 2.33. The van der Waals surface area contributed by atoms with Crippen LogP contribution in [0.25, 0.3) is 0 Å². The Morgan fingerprint density at radius 3 is 2.93 bits per heavy atom. The standard InChI is InChI=1S/C9H15NO4/c1-14-4-2-3-10-6-7(9(12)13)5-8(10)11/h7H,2-6H2,1H3,(H,12,13)/t7-/m0/s1. The molecule has 0 aromatic carbocycles. The average molecular weight is 201 g/mol. The Bertz CT molecular complexity index is 229.